The largest absolute Gasteiger partial charge is 0.463 e. The van der Waals surface area contributed by atoms with Gasteiger partial charge in [-0.15, -0.1) is 0 Å². The van der Waals surface area contributed by atoms with Gasteiger partial charge in [-0.05, 0) is 12.5 Å². The molecule has 0 bridgehead atoms. The van der Waals surface area contributed by atoms with Gasteiger partial charge in [-0.25, -0.2) is 0 Å². The number of fused-ring (bicyclic) bond motifs is 2. The van der Waals surface area contributed by atoms with E-state index in [4.69, 9.17) is 19.0 Å². The number of carbonyl (C=O) groups is 4. The van der Waals surface area contributed by atoms with Gasteiger partial charge >= 0.3 is 5.97 Å². The fourth-order valence-corrected chi connectivity index (χ4v) is 2.95. The highest BCUT2D eigenvalue weighted by molar-refractivity contribution is 6.28. The standard InChI is InChI=1S/C21H20O8/c1-2-12(11-22)27-7-8-28-18(24)10-16(23)17-9-15-19(25)13-5-3-4-6-14(13)20(26)21(15)29-17/h3-6,9,12,22H,2,7-8,10-11H2,1H3. The van der Waals surface area contributed by atoms with Gasteiger partial charge < -0.3 is 19.0 Å². The van der Waals surface area contributed by atoms with Crippen LogP contribution in [0.3, 0.4) is 0 Å². The van der Waals surface area contributed by atoms with E-state index in [1.165, 1.54) is 18.2 Å². The molecule has 29 heavy (non-hydrogen) atoms. The Morgan fingerprint density at radius 2 is 1.76 bits per heavy atom. The molecule has 1 aliphatic carbocycles. The molecule has 1 heterocycles. The summed E-state index contributed by atoms with van der Waals surface area (Å²) in [6, 6.07) is 7.52. The van der Waals surface area contributed by atoms with Crippen LogP contribution in [0.4, 0.5) is 0 Å². The lowest BCUT2D eigenvalue weighted by molar-refractivity contribution is -0.145. The summed E-state index contributed by atoms with van der Waals surface area (Å²) in [6.07, 6.45) is -0.309. The van der Waals surface area contributed by atoms with E-state index in [-0.39, 0.29) is 54.1 Å². The second-order valence-corrected chi connectivity index (χ2v) is 6.46. The van der Waals surface area contributed by atoms with E-state index in [1.54, 1.807) is 12.1 Å². The summed E-state index contributed by atoms with van der Waals surface area (Å²) in [4.78, 5) is 49.2. The van der Waals surface area contributed by atoms with E-state index in [1.807, 2.05) is 6.92 Å². The zero-order chi connectivity index (χ0) is 21.0. The lowest BCUT2D eigenvalue weighted by atomic mass is 9.88. The van der Waals surface area contributed by atoms with Crippen LogP contribution >= 0.6 is 0 Å². The highest BCUT2D eigenvalue weighted by atomic mass is 16.6. The first-order chi connectivity index (χ1) is 14.0. The summed E-state index contributed by atoms with van der Waals surface area (Å²) in [5, 5.41) is 9.01. The first-order valence-electron chi connectivity index (χ1n) is 9.19. The Morgan fingerprint density at radius 1 is 1.07 bits per heavy atom. The Balaban J connectivity index is 1.61. The zero-order valence-corrected chi connectivity index (χ0v) is 15.8. The van der Waals surface area contributed by atoms with Crippen LogP contribution in [0.25, 0.3) is 0 Å². The maximum atomic E-state index is 12.5. The van der Waals surface area contributed by atoms with Gasteiger partial charge in [0.05, 0.1) is 24.9 Å². The summed E-state index contributed by atoms with van der Waals surface area (Å²) in [7, 11) is 0. The zero-order valence-electron chi connectivity index (χ0n) is 15.8. The number of benzene rings is 1. The Labute approximate surface area is 166 Å². The molecule has 2 aromatic rings. The van der Waals surface area contributed by atoms with Crippen molar-refractivity contribution in [3.8, 4) is 0 Å². The third kappa shape index (κ3) is 4.33. The average molecular weight is 400 g/mol. The van der Waals surface area contributed by atoms with Crippen molar-refractivity contribution in [3.63, 3.8) is 0 Å². The van der Waals surface area contributed by atoms with Gasteiger partial charge in [0.15, 0.2) is 17.3 Å². The van der Waals surface area contributed by atoms with Gasteiger partial charge in [0.1, 0.15) is 13.0 Å². The lowest BCUT2D eigenvalue weighted by Gasteiger charge is -2.12. The third-order valence-electron chi connectivity index (χ3n) is 4.54. The Hall–Kier alpha value is -3.10. The minimum absolute atomic E-state index is 0.00780. The van der Waals surface area contributed by atoms with Crippen molar-refractivity contribution >= 4 is 23.3 Å². The molecule has 3 rings (SSSR count). The monoisotopic (exact) mass is 400 g/mol. The van der Waals surface area contributed by atoms with Crippen molar-refractivity contribution in [3.05, 3.63) is 58.5 Å². The van der Waals surface area contributed by atoms with E-state index in [0.29, 0.717) is 6.42 Å². The molecule has 0 radical (unpaired) electrons. The van der Waals surface area contributed by atoms with Crippen LogP contribution in [-0.2, 0) is 14.3 Å². The molecule has 152 valence electrons. The second-order valence-electron chi connectivity index (χ2n) is 6.46. The Kier molecular flexibility index (Phi) is 6.36. The molecular formula is C21H20O8. The smallest absolute Gasteiger partial charge is 0.313 e. The molecule has 1 aromatic carbocycles. The molecule has 0 aliphatic heterocycles. The van der Waals surface area contributed by atoms with E-state index < -0.39 is 29.7 Å². The average Bonchev–Trinajstić information content (AvgIpc) is 3.18. The number of rotatable bonds is 9. The Bertz CT molecular complexity index is 899. The summed E-state index contributed by atoms with van der Waals surface area (Å²) >= 11 is 0. The van der Waals surface area contributed by atoms with Crippen LogP contribution in [0.1, 0.15) is 62.4 Å². The number of aliphatic hydroxyl groups is 1. The maximum absolute atomic E-state index is 12.5. The van der Waals surface area contributed by atoms with Gasteiger partial charge in [0, 0.05) is 11.1 Å². The molecule has 8 nitrogen and oxygen atoms in total. The van der Waals surface area contributed by atoms with Crippen molar-refractivity contribution < 1.29 is 38.2 Å². The molecule has 1 atom stereocenters. The lowest BCUT2D eigenvalue weighted by Crippen LogP contribution is -2.21. The molecule has 0 amide bonds. The van der Waals surface area contributed by atoms with Crippen LogP contribution in [0.5, 0.6) is 0 Å². The first-order valence-corrected chi connectivity index (χ1v) is 9.19. The molecule has 1 aliphatic rings. The van der Waals surface area contributed by atoms with Crippen LogP contribution in [0, 0.1) is 0 Å². The van der Waals surface area contributed by atoms with Crippen molar-refractivity contribution in [1.82, 2.24) is 0 Å². The van der Waals surface area contributed by atoms with Crippen molar-refractivity contribution in [2.45, 2.75) is 25.9 Å². The first kappa shape index (κ1) is 20.6. The molecule has 0 saturated carbocycles. The van der Waals surface area contributed by atoms with E-state index in [0.717, 1.165) is 0 Å². The maximum Gasteiger partial charge on any atom is 0.313 e. The summed E-state index contributed by atoms with van der Waals surface area (Å²) in [6.45, 7) is 1.74. The van der Waals surface area contributed by atoms with E-state index in [2.05, 4.69) is 0 Å². The SMILES string of the molecule is CCC(CO)OCCOC(=O)CC(=O)c1cc2c(o1)C(=O)c1ccccc1C2=O. The van der Waals surface area contributed by atoms with E-state index >= 15 is 0 Å². The molecule has 0 spiro atoms. The van der Waals surface area contributed by atoms with Crippen molar-refractivity contribution in [1.29, 1.82) is 0 Å². The summed E-state index contributed by atoms with van der Waals surface area (Å²) in [5.41, 5.74) is 0.469. The quantitative estimate of drug-likeness (QED) is 0.250. The predicted octanol–water partition coefficient (Wildman–Crippen LogP) is 1.96. The molecule has 1 N–H and O–H groups in total. The number of furan rings is 1. The minimum atomic E-state index is -0.786. The fraction of sp³-hybridized carbons (Fsp3) is 0.333. The summed E-state index contributed by atoms with van der Waals surface area (Å²) < 4.78 is 15.5. The number of esters is 1. The van der Waals surface area contributed by atoms with Crippen LogP contribution in [0.2, 0.25) is 0 Å². The van der Waals surface area contributed by atoms with Gasteiger partial charge in [0.25, 0.3) is 0 Å². The normalized spacial score (nSPS) is 13.6. The minimum Gasteiger partial charge on any atom is -0.463 e. The fourth-order valence-electron chi connectivity index (χ4n) is 2.95. The van der Waals surface area contributed by atoms with Crippen molar-refractivity contribution in [2.24, 2.45) is 0 Å². The van der Waals surface area contributed by atoms with Gasteiger partial charge in [-0.2, -0.15) is 0 Å². The van der Waals surface area contributed by atoms with Crippen LogP contribution < -0.4 is 0 Å². The number of hydrogen-bond donors (Lipinski definition) is 1. The van der Waals surface area contributed by atoms with E-state index in [9.17, 15) is 19.2 Å². The number of ketones is 3. The number of carbonyl (C=O) groups excluding carboxylic acids is 4. The third-order valence-corrected chi connectivity index (χ3v) is 4.54. The van der Waals surface area contributed by atoms with Crippen LogP contribution in [0.15, 0.2) is 34.7 Å². The van der Waals surface area contributed by atoms with Crippen molar-refractivity contribution in [2.75, 3.05) is 19.8 Å². The topological polar surface area (TPSA) is 120 Å². The molecule has 8 heteroatoms. The molecule has 0 saturated heterocycles. The molecular weight excluding hydrogens is 380 g/mol. The second kappa shape index (κ2) is 8.93. The predicted molar refractivity (Wildman–Crippen MR) is 99.0 cm³/mol. The molecule has 1 aromatic heterocycles. The highest BCUT2D eigenvalue weighted by Crippen LogP contribution is 2.30. The molecule has 0 fully saturated rings. The number of Topliss-reactive ketones (excluding diaryl/α,β-unsaturated/α-hetero) is 1. The van der Waals surface area contributed by atoms with Crippen LogP contribution in [-0.4, -0.2) is 54.4 Å². The number of hydrogen-bond acceptors (Lipinski definition) is 8. The van der Waals surface area contributed by atoms with Gasteiger partial charge in [0.2, 0.25) is 11.6 Å². The number of ether oxygens (including phenoxy) is 2. The molecule has 1 unspecified atom stereocenters. The number of aliphatic hydroxyl groups excluding tert-OH is 1. The highest BCUT2D eigenvalue weighted by Gasteiger charge is 2.34. The Morgan fingerprint density at radius 3 is 2.41 bits per heavy atom. The summed E-state index contributed by atoms with van der Waals surface area (Å²) in [5.74, 6) is -2.82. The van der Waals surface area contributed by atoms with Gasteiger partial charge in [-0.3, -0.25) is 19.2 Å². The van der Waals surface area contributed by atoms with Gasteiger partial charge in [-0.1, -0.05) is 31.2 Å².